The molecule has 1 atom stereocenters. The molecule has 5 nitrogen and oxygen atoms in total. The maximum atomic E-state index is 13.6. The molecule has 0 saturated carbocycles. The number of aliphatic carboxylic acids is 1. The van der Waals surface area contributed by atoms with Gasteiger partial charge in [0, 0.05) is 19.6 Å². The van der Waals surface area contributed by atoms with Gasteiger partial charge in [-0.15, -0.1) is 0 Å². The van der Waals surface area contributed by atoms with Crippen LogP contribution in [0.3, 0.4) is 0 Å². The van der Waals surface area contributed by atoms with Crippen LogP contribution in [0, 0.1) is 17.5 Å². The molecule has 108 valence electrons. The predicted octanol–water partition coefficient (Wildman–Crippen LogP) is 0.603. The van der Waals surface area contributed by atoms with Crippen LogP contribution in [0.15, 0.2) is 12.1 Å². The summed E-state index contributed by atoms with van der Waals surface area (Å²) >= 11 is 0. The van der Waals surface area contributed by atoms with Gasteiger partial charge in [0.2, 0.25) is 0 Å². The Morgan fingerprint density at radius 1 is 1.25 bits per heavy atom. The lowest BCUT2D eigenvalue weighted by atomic mass is 10.1. The normalized spacial score (nSPS) is 18.9. The monoisotopic (exact) mass is 288 g/mol. The van der Waals surface area contributed by atoms with Gasteiger partial charge < -0.3 is 15.3 Å². The Bertz CT molecular complexity index is 565. The van der Waals surface area contributed by atoms with Crippen molar-refractivity contribution in [2.45, 2.75) is 6.04 Å². The van der Waals surface area contributed by atoms with Gasteiger partial charge in [0.05, 0.1) is 5.56 Å². The van der Waals surface area contributed by atoms with Gasteiger partial charge in [0.25, 0.3) is 5.91 Å². The SMILES string of the molecule is O=C(O)C1CNCCN1C(=O)c1ccc(F)c(F)c1F. The zero-order valence-corrected chi connectivity index (χ0v) is 10.2. The fourth-order valence-corrected chi connectivity index (χ4v) is 2.01. The number of benzene rings is 1. The number of nitrogens with zero attached hydrogens (tertiary/aromatic N) is 1. The summed E-state index contributed by atoms with van der Waals surface area (Å²) in [6, 6.07) is 0.254. The number of piperazine rings is 1. The average molecular weight is 288 g/mol. The summed E-state index contributed by atoms with van der Waals surface area (Å²) in [5.74, 6) is -7.01. The molecule has 1 saturated heterocycles. The Labute approximate surface area is 112 Å². The average Bonchev–Trinajstić information content (AvgIpc) is 2.44. The molecule has 0 aliphatic carbocycles. The Kier molecular flexibility index (Phi) is 3.93. The third-order valence-corrected chi connectivity index (χ3v) is 3.05. The molecule has 1 heterocycles. The molecule has 2 rings (SSSR count). The summed E-state index contributed by atoms with van der Waals surface area (Å²) in [4.78, 5) is 24.1. The van der Waals surface area contributed by atoms with E-state index in [1.54, 1.807) is 0 Å². The Morgan fingerprint density at radius 3 is 2.60 bits per heavy atom. The highest BCUT2D eigenvalue weighted by Gasteiger charge is 2.34. The third-order valence-electron chi connectivity index (χ3n) is 3.05. The molecule has 2 N–H and O–H groups in total. The molecule has 0 radical (unpaired) electrons. The summed E-state index contributed by atoms with van der Waals surface area (Å²) in [7, 11) is 0. The quantitative estimate of drug-likeness (QED) is 0.782. The molecule has 1 aromatic rings. The first-order chi connectivity index (χ1) is 9.43. The molecule has 1 aromatic carbocycles. The van der Waals surface area contributed by atoms with E-state index in [9.17, 15) is 22.8 Å². The highest BCUT2D eigenvalue weighted by atomic mass is 19.2. The summed E-state index contributed by atoms with van der Waals surface area (Å²) < 4.78 is 39.5. The molecule has 1 unspecified atom stereocenters. The Balaban J connectivity index is 2.35. The molecular formula is C12H11F3N2O3. The number of hydrogen-bond donors (Lipinski definition) is 2. The van der Waals surface area contributed by atoms with Crippen LogP contribution in [0.5, 0.6) is 0 Å². The van der Waals surface area contributed by atoms with E-state index in [-0.39, 0.29) is 13.1 Å². The fourth-order valence-electron chi connectivity index (χ4n) is 2.01. The number of amides is 1. The summed E-state index contributed by atoms with van der Waals surface area (Å²) in [6.07, 6.45) is 0. The molecule has 20 heavy (non-hydrogen) atoms. The van der Waals surface area contributed by atoms with Gasteiger partial charge in [0.1, 0.15) is 6.04 Å². The Hall–Kier alpha value is -2.09. The van der Waals surface area contributed by atoms with Crippen molar-refractivity contribution >= 4 is 11.9 Å². The van der Waals surface area contributed by atoms with Crippen LogP contribution in [0.1, 0.15) is 10.4 Å². The number of carboxylic acids is 1. The van der Waals surface area contributed by atoms with Crippen molar-refractivity contribution in [2.75, 3.05) is 19.6 Å². The standard InChI is InChI=1S/C12H11F3N2O3/c13-7-2-1-6(9(14)10(7)15)11(18)17-4-3-16-5-8(17)12(19)20/h1-2,8,16H,3-5H2,(H,19,20). The highest BCUT2D eigenvalue weighted by molar-refractivity contribution is 5.97. The van der Waals surface area contributed by atoms with Gasteiger partial charge in [-0.05, 0) is 12.1 Å². The minimum Gasteiger partial charge on any atom is -0.480 e. The van der Waals surface area contributed by atoms with Crippen LogP contribution in [-0.4, -0.2) is 47.6 Å². The van der Waals surface area contributed by atoms with Gasteiger partial charge in [-0.3, -0.25) is 4.79 Å². The van der Waals surface area contributed by atoms with Crippen LogP contribution >= 0.6 is 0 Å². The van der Waals surface area contributed by atoms with Crippen molar-refractivity contribution in [1.29, 1.82) is 0 Å². The van der Waals surface area contributed by atoms with Crippen LogP contribution in [-0.2, 0) is 4.79 Å². The maximum absolute atomic E-state index is 13.6. The third kappa shape index (κ3) is 2.46. The van der Waals surface area contributed by atoms with Crippen molar-refractivity contribution < 1.29 is 27.9 Å². The molecule has 0 spiro atoms. The smallest absolute Gasteiger partial charge is 0.327 e. The number of nitrogens with one attached hydrogen (secondary N) is 1. The van der Waals surface area contributed by atoms with Crippen LogP contribution < -0.4 is 5.32 Å². The minimum atomic E-state index is -1.75. The first-order valence-electron chi connectivity index (χ1n) is 5.81. The van der Waals surface area contributed by atoms with E-state index in [1.807, 2.05) is 0 Å². The first-order valence-corrected chi connectivity index (χ1v) is 5.81. The van der Waals surface area contributed by atoms with Crippen molar-refractivity contribution in [2.24, 2.45) is 0 Å². The summed E-state index contributed by atoms with van der Waals surface area (Å²) in [6.45, 7) is 0.376. The number of carbonyl (C=O) groups excluding carboxylic acids is 1. The molecule has 8 heteroatoms. The molecule has 0 aromatic heterocycles. The van der Waals surface area contributed by atoms with Crippen LogP contribution in [0.2, 0.25) is 0 Å². The lowest BCUT2D eigenvalue weighted by Crippen LogP contribution is -2.57. The summed E-state index contributed by atoms with van der Waals surface area (Å²) in [5.41, 5.74) is -0.683. The number of rotatable bonds is 2. The molecular weight excluding hydrogens is 277 g/mol. The number of carbonyl (C=O) groups is 2. The minimum absolute atomic E-state index is 0.00632. The second-order valence-corrected chi connectivity index (χ2v) is 4.28. The predicted molar refractivity (Wildman–Crippen MR) is 61.6 cm³/mol. The molecule has 1 aliphatic rings. The van der Waals surface area contributed by atoms with E-state index < -0.39 is 40.9 Å². The van der Waals surface area contributed by atoms with Gasteiger partial charge in [-0.1, -0.05) is 0 Å². The summed E-state index contributed by atoms with van der Waals surface area (Å²) in [5, 5.41) is 11.8. The first kappa shape index (κ1) is 14.3. The van der Waals surface area contributed by atoms with Gasteiger partial charge in [0.15, 0.2) is 17.5 Å². The number of halogens is 3. The van der Waals surface area contributed by atoms with E-state index in [0.717, 1.165) is 11.0 Å². The zero-order chi connectivity index (χ0) is 14.9. The van der Waals surface area contributed by atoms with Crippen molar-refractivity contribution in [3.05, 3.63) is 35.1 Å². The molecule has 1 aliphatic heterocycles. The largest absolute Gasteiger partial charge is 0.480 e. The highest BCUT2D eigenvalue weighted by Crippen LogP contribution is 2.18. The molecule has 0 bridgehead atoms. The molecule has 1 fully saturated rings. The van der Waals surface area contributed by atoms with E-state index >= 15 is 0 Å². The van der Waals surface area contributed by atoms with E-state index in [1.165, 1.54) is 0 Å². The zero-order valence-electron chi connectivity index (χ0n) is 10.2. The fraction of sp³-hybridized carbons (Fsp3) is 0.333. The lowest BCUT2D eigenvalue weighted by Gasteiger charge is -2.33. The van der Waals surface area contributed by atoms with Crippen LogP contribution in [0.25, 0.3) is 0 Å². The molecule has 1 amide bonds. The second-order valence-electron chi connectivity index (χ2n) is 4.28. The number of hydrogen-bond acceptors (Lipinski definition) is 3. The van der Waals surface area contributed by atoms with Crippen molar-refractivity contribution in [3.63, 3.8) is 0 Å². The maximum Gasteiger partial charge on any atom is 0.327 e. The van der Waals surface area contributed by atoms with Gasteiger partial charge in [-0.25, -0.2) is 18.0 Å². The van der Waals surface area contributed by atoms with E-state index in [2.05, 4.69) is 5.32 Å². The number of carboxylic acid groups (broad SMARTS) is 1. The van der Waals surface area contributed by atoms with Gasteiger partial charge >= 0.3 is 5.97 Å². The topological polar surface area (TPSA) is 69.6 Å². The second kappa shape index (κ2) is 5.49. The Morgan fingerprint density at radius 2 is 1.95 bits per heavy atom. The van der Waals surface area contributed by atoms with Gasteiger partial charge in [-0.2, -0.15) is 0 Å². The van der Waals surface area contributed by atoms with Crippen LogP contribution in [0.4, 0.5) is 13.2 Å². The van der Waals surface area contributed by atoms with Crippen molar-refractivity contribution in [1.82, 2.24) is 10.2 Å². The van der Waals surface area contributed by atoms with Crippen molar-refractivity contribution in [3.8, 4) is 0 Å². The van der Waals surface area contributed by atoms with E-state index in [4.69, 9.17) is 5.11 Å². The lowest BCUT2D eigenvalue weighted by molar-refractivity contribution is -0.142. The van der Waals surface area contributed by atoms with E-state index in [0.29, 0.717) is 12.6 Å².